The molecule has 0 aliphatic heterocycles. The number of alkyl halides is 1. The summed E-state index contributed by atoms with van der Waals surface area (Å²) in [7, 11) is 2.99. The summed E-state index contributed by atoms with van der Waals surface area (Å²) in [5.41, 5.74) is 3.73. The van der Waals surface area contributed by atoms with Crippen molar-refractivity contribution >= 4 is 50.9 Å². The predicted molar refractivity (Wildman–Crippen MR) is 137 cm³/mol. The van der Waals surface area contributed by atoms with Gasteiger partial charge in [-0.1, -0.05) is 34.7 Å². The smallest absolute Gasteiger partial charge is 0.277 e. The number of carbonyl (C=O) groups is 1. The molecule has 0 atom stereocenters. The summed E-state index contributed by atoms with van der Waals surface area (Å²) in [6.07, 6.45) is 1.48. The van der Waals surface area contributed by atoms with Crippen LogP contribution in [0.25, 0.3) is 10.9 Å². The van der Waals surface area contributed by atoms with Crippen LogP contribution in [0, 0.1) is 5.82 Å². The summed E-state index contributed by atoms with van der Waals surface area (Å²) in [5, 5.41) is 5.19. The molecule has 0 unspecified atom stereocenters. The van der Waals surface area contributed by atoms with Gasteiger partial charge >= 0.3 is 0 Å². The molecule has 174 valence electrons. The van der Waals surface area contributed by atoms with E-state index in [-0.39, 0.29) is 18.3 Å². The zero-order valence-electron chi connectivity index (χ0n) is 18.6. The highest BCUT2D eigenvalue weighted by molar-refractivity contribution is 14.1. The number of benzene rings is 3. The zero-order valence-corrected chi connectivity index (χ0v) is 20.7. The van der Waals surface area contributed by atoms with Crippen LogP contribution in [0.1, 0.15) is 21.5 Å². The molecule has 0 spiro atoms. The van der Waals surface area contributed by atoms with E-state index in [1.165, 1.54) is 25.6 Å². The van der Waals surface area contributed by atoms with Gasteiger partial charge in [0.1, 0.15) is 30.3 Å². The molecule has 34 heavy (non-hydrogen) atoms. The van der Waals surface area contributed by atoms with Crippen molar-refractivity contribution < 1.29 is 18.8 Å². The van der Waals surface area contributed by atoms with Crippen LogP contribution in [0.5, 0.6) is 5.75 Å². The minimum Gasteiger partial charge on any atom is -0.489 e. The molecule has 0 radical (unpaired) electrons. The van der Waals surface area contributed by atoms with E-state index >= 15 is 0 Å². The third-order valence-corrected chi connectivity index (χ3v) is 6.01. The van der Waals surface area contributed by atoms with Crippen molar-refractivity contribution in [1.29, 1.82) is 0 Å². The number of anilines is 2. The van der Waals surface area contributed by atoms with E-state index in [4.69, 9.17) is 9.57 Å². The molecule has 3 aromatic carbocycles. The van der Waals surface area contributed by atoms with Gasteiger partial charge in [-0.3, -0.25) is 9.63 Å². The molecule has 0 bridgehead atoms. The van der Waals surface area contributed by atoms with E-state index in [0.717, 1.165) is 32.1 Å². The molecular formula is C25H22FIN4O3. The molecule has 1 heterocycles. The molecule has 0 saturated heterocycles. The molecule has 9 heteroatoms. The molecule has 1 N–H and O–H groups in total. The lowest BCUT2D eigenvalue weighted by Crippen LogP contribution is -2.25. The number of nitrogens with zero attached hydrogens (tertiary/aromatic N) is 3. The Labute approximate surface area is 210 Å². The molecule has 1 aromatic heterocycles. The van der Waals surface area contributed by atoms with Gasteiger partial charge in [0.05, 0.1) is 12.6 Å². The van der Waals surface area contributed by atoms with Crippen LogP contribution in [-0.2, 0) is 15.9 Å². The number of amides is 1. The normalized spacial score (nSPS) is 10.8. The van der Waals surface area contributed by atoms with Gasteiger partial charge in [0, 0.05) is 33.7 Å². The van der Waals surface area contributed by atoms with E-state index in [9.17, 15) is 9.18 Å². The van der Waals surface area contributed by atoms with Crippen molar-refractivity contribution in [1.82, 2.24) is 15.0 Å². The fraction of sp³-hybridized carbons (Fsp3) is 0.160. The summed E-state index contributed by atoms with van der Waals surface area (Å²) in [4.78, 5) is 26.2. The molecule has 0 aliphatic carbocycles. The minimum atomic E-state index is -0.287. The Bertz CT molecular complexity index is 1330. The SMILES string of the molecule is CON(C)C(=O)c1ccc2ncnc(Nc3ccc(OCc4cccc(F)c4)c(CI)c3)c2c1. The van der Waals surface area contributed by atoms with Crippen LogP contribution in [0.15, 0.2) is 67.0 Å². The average Bonchev–Trinajstić information content (AvgIpc) is 2.87. The van der Waals surface area contributed by atoms with Gasteiger partial charge in [0.25, 0.3) is 5.91 Å². The molecular weight excluding hydrogens is 550 g/mol. The summed E-state index contributed by atoms with van der Waals surface area (Å²) in [6, 6.07) is 17.3. The summed E-state index contributed by atoms with van der Waals surface area (Å²) in [6.45, 7) is 0.275. The van der Waals surface area contributed by atoms with Crippen LogP contribution >= 0.6 is 22.6 Å². The van der Waals surface area contributed by atoms with Gasteiger partial charge in [0.15, 0.2) is 0 Å². The number of hydrogen-bond acceptors (Lipinski definition) is 6. The van der Waals surface area contributed by atoms with Gasteiger partial charge in [0.2, 0.25) is 0 Å². The lowest BCUT2D eigenvalue weighted by atomic mass is 10.1. The number of fused-ring (bicyclic) bond motifs is 1. The highest BCUT2D eigenvalue weighted by Gasteiger charge is 2.14. The van der Waals surface area contributed by atoms with E-state index in [1.54, 1.807) is 31.3 Å². The van der Waals surface area contributed by atoms with Crippen LogP contribution in [0.4, 0.5) is 15.9 Å². The lowest BCUT2D eigenvalue weighted by molar-refractivity contribution is -0.0756. The van der Waals surface area contributed by atoms with E-state index < -0.39 is 0 Å². The Hall–Kier alpha value is -3.31. The highest BCUT2D eigenvalue weighted by atomic mass is 127. The van der Waals surface area contributed by atoms with Gasteiger partial charge in [-0.25, -0.2) is 19.4 Å². The van der Waals surface area contributed by atoms with Crippen LogP contribution in [0.3, 0.4) is 0 Å². The van der Waals surface area contributed by atoms with Crippen molar-refractivity contribution in [3.63, 3.8) is 0 Å². The lowest BCUT2D eigenvalue weighted by Gasteiger charge is -2.15. The number of hydrogen-bond donors (Lipinski definition) is 1. The van der Waals surface area contributed by atoms with Crippen molar-refractivity contribution in [3.05, 3.63) is 89.5 Å². The zero-order chi connectivity index (χ0) is 24.1. The number of nitrogens with one attached hydrogen (secondary N) is 1. The standard InChI is InChI=1S/C25H22FIN4O3/c1-31(33-2)25(32)17-6-8-22-21(12-17)24(29-15-28-22)30-20-7-9-23(18(11-20)13-27)34-14-16-4-3-5-19(26)10-16/h3-12,15H,13-14H2,1-2H3,(H,28,29,30). The van der Waals surface area contributed by atoms with Crippen LogP contribution in [0.2, 0.25) is 0 Å². The van der Waals surface area contributed by atoms with Crippen molar-refractivity contribution in [2.75, 3.05) is 19.5 Å². The molecule has 0 fully saturated rings. The first kappa shape index (κ1) is 23.8. The van der Waals surface area contributed by atoms with Gasteiger partial charge in [-0.05, 0) is 54.1 Å². The second-order valence-corrected chi connectivity index (χ2v) is 8.20. The quantitative estimate of drug-likeness (QED) is 0.167. The fourth-order valence-corrected chi connectivity index (χ4v) is 3.98. The Morgan fingerprint density at radius 3 is 2.74 bits per heavy atom. The molecule has 1 amide bonds. The molecule has 4 rings (SSSR count). The van der Waals surface area contributed by atoms with Crippen molar-refractivity contribution in [2.24, 2.45) is 0 Å². The third kappa shape index (κ3) is 5.42. The molecule has 4 aromatic rings. The Morgan fingerprint density at radius 1 is 1.12 bits per heavy atom. The van der Waals surface area contributed by atoms with E-state index in [0.29, 0.717) is 22.3 Å². The van der Waals surface area contributed by atoms with E-state index in [1.807, 2.05) is 24.3 Å². The maximum absolute atomic E-state index is 13.4. The van der Waals surface area contributed by atoms with Crippen molar-refractivity contribution in [3.8, 4) is 5.75 Å². The first-order valence-corrected chi connectivity index (χ1v) is 11.9. The second-order valence-electron chi connectivity index (χ2n) is 7.44. The Balaban J connectivity index is 1.58. The Morgan fingerprint density at radius 2 is 1.97 bits per heavy atom. The second kappa shape index (κ2) is 10.7. The highest BCUT2D eigenvalue weighted by Crippen LogP contribution is 2.30. The van der Waals surface area contributed by atoms with Crippen LogP contribution in [-0.4, -0.2) is 35.1 Å². The number of halogens is 2. The fourth-order valence-electron chi connectivity index (χ4n) is 3.38. The first-order chi connectivity index (χ1) is 16.5. The largest absolute Gasteiger partial charge is 0.489 e. The summed E-state index contributed by atoms with van der Waals surface area (Å²) < 4.78 is 20.1. The van der Waals surface area contributed by atoms with Gasteiger partial charge in [-0.15, -0.1) is 0 Å². The van der Waals surface area contributed by atoms with Gasteiger partial charge in [-0.2, -0.15) is 0 Å². The number of ether oxygens (including phenoxy) is 1. The number of rotatable bonds is 8. The first-order valence-electron chi connectivity index (χ1n) is 10.4. The molecule has 7 nitrogen and oxygen atoms in total. The predicted octanol–water partition coefficient (Wildman–Crippen LogP) is 5.66. The maximum Gasteiger partial charge on any atom is 0.277 e. The Kier molecular flexibility index (Phi) is 7.53. The summed E-state index contributed by atoms with van der Waals surface area (Å²) in [5.74, 6) is 0.747. The topological polar surface area (TPSA) is 76.6 Å². The molecule has 0 aliphatic rings. The van der Waals surface area contributed by atoms with Gasteiger partial charge < -0.3 is 10.1 Å². The third-order valence-electron chi connectivity index (χ3n) is 5.19. The van der Waals surface area contributed by atoms with Crippen LogP contribution < -0.4 is 10.1 Å². The molecule has 0 saturated carbocycles. The number of carbonyl (C=O) groups excluding carboxylic acids is 1. The monoisotopic (exact) mass is 572 g/mol. The average molecular weight is 572 g/mol. The maximum atomic E-state index is 13.4. The number of hydroxylamine groups is 2. The minimum absolute atomic E-state index is 0.272. The summed E-state index contributed by atoms with van der Waals surface area (Å²) >= 11 is 2.27. The van der Waals surface area contributed by atoms with E-state index in [2.05, 4.69) is 37.9 Å². The van der Waals surface area contributed by atoms with Crippen molar-refractivity contribution in [2.45, 2.75) is 11.0 Å². The number of aromatic nitrogens is 2.